The Hall–Kier alpha value is 0.270. The van der Waals surface area contributed by atoms with Crippen LogP contribution in [0.25, 0.3) is 0 Å². The van der Waals surface area contributed by atoms with Gasteiger partial charge >= 0.3 is 0 Å². The minimum Gasteiger partial charge on any atom is -0.389 e. The normalized spacial score (nSPS) is 15.4. The van der Waals surface area contributed by atoms with Gasteiger partial charge in [0.15, 0.2) is 0 Å². The molecule has 0 bridgehead atoms. The van der Waals surface area contributed by atoms with E-state index < -0.39 is 5.60 Å². The molecule has 14 heavy (non-hydrogen) atoms. The molecule has 3 heteroatoms. The van der Waals surface area contributed by atoms with Gasteiger partial charge in [0.25, 0.3) is 0 Å². The SMILES string of the molecule is CCCCCSCCCC(C)(O)CN. The van der Waals surface area contributed by atoms with E-state index in [0.717, 1.165) is 18.6 Å². The largest absolute Gasteiger partial charge is 0.389 e. The second-order valence-electron chi connectivity index (χ2n) is 4.12. The summed E-state index contributed by atoms with van der Waals surface area (Å²) in [6.07, 6.45) is 5.86. The van der Waals surface area contributed by atoms with Crippen LogP contribution < -0.4 is 5.73 Å². The summed E-state index contributed by atoms with van der Waals surface area (Å²) in [5.74, 6) is 2.42. The second kappa shape index (κ2) is 8.57. The molecule has 0 saturated carbocycles. The minimum absolute atomic E-state index is 0.369. The van der Waals surface area contributed by atoms with E-state index >= 15 is 0 Å². The first-order valence-electron chi connectivity index (χ1n) is 5.62. The van der Waals surface area contributed by atoms with Gasteiger partial charge in [-0.05, 0) is 37.7 Å². The lowest BCUT2D eigenvalue weighted by atomic mass is 10.0. The molecule has 86 valence electrons. The van der Waals surface area contributed by atoms with Crippen molar-refractivity contribution < 1.29 is 5.11 Å². The molecule has 0 aromatic heterocycles. The summed E-state index contributed by atoms with van der Waals surface area (Å²) in [6.45, 7) is 4.41. The van der Waals surface area contributed by atoms with Crippen LogP contribution >= 0.6 is 11.8 Å². The molecular formula is C11H25NOS. The van der Waals surface area contributed by atoms with E-state index in [4.69, 9.17) is 5.73 Å². The van der Waals surface area contributed by atoms with Crippen molar-refractivity contribution in [3.63, 3.8) is 0 Å². The molecular weight excluding hydrogens is 194 g/mol. The number of aliphatic hydroxyl groups is 1. The highest BCUT2D eigenvalue weighted by Crippen LogP contribution is 2.14. The van der Waals surface area contributed by atoms with Gasteiger partial charge in [0.05, 0.1) is 5.60 Å². The molecule has 0 amide bonds. The van der Waals surface area contributed by atoms with Crippen molar-refractivity contribution in [1.82, 2.24) is 0 Å². The Balaban J connectivity index is 3.13. The minimum atomic E-state index is -0.649. The summed E-state index contributed by atoms with van der Waals surface area (Å²) in [4.78, 5) is 0. The number of thioether (sulfide) groups is 1. The van der Waals surface area contributed by atoms with E-state index in [0.29, 0.717) is 6.54 Å². The number of hydrogen-bond acceptors (Lipinski definition) is 3. The van der Waals surface area contributed by atoms with Crippen molar-refractivity contribution in [2.45, 2.75) is 51.6 Å². The summed E-state index contributed by atoms with van der Waals surface area (Å²) in [5.41, 5.74) is 4.78. The fourth-order valence-corrected chi connectivity index (χ4v) is 2.17. The van der Waals surface area contributed by atoms with Crippen molar-refractivity contribution in [3.05, 3.63) is 0 Å². The summed E-state index contributed by atoms with van der Waals surface area (Å²) in [5, 5.41) is 9.63. The van der Waals surface area contributed by atoms with Gasteiger partial charge in [-0.1, -0.05) is 19.8 Å². The molecule has 0 spiro atoms. The van der Waals surface area contributed by atoms with Gasteiger partial charge in [-0.15, -0.1) is 0 Å². The monoisotopic (exact) mass is 219 g/mol. The van der Waals surface area contributed by atoms with Crippen molar-refractivity contribution >= 4 is 11.8 Å². The molecule has 0 aromatic rings. The highest BCUT2D eigenvalue weighted by atomic mass is 32.2. The molecule has 2 nitrogen and oxygen atoms in total. The van der Waals surface area contributed by atoms with Gasteiger partial charge in [-0.25, -0.2) is 0 Å². The first-order chi connectivity index (χ1) is 6.62. The Morgan fingerprint density at radius 2 is 1.86 bits per heavy atom. The molecule has 1 atom stereocenters. The molecule has 0 heterocycles. The molecule has 0 aliphatic carbocycles. The second-order valence-corrected chi connectivity index (χ2v) is 5.35. The Morgan fingerprint density at radius 1 is 1.21 bits per heavy atom. The van der Waals surface area contributed by atoms with Gasteiger partial charge in [0.1, 0.15) is 0 Å². The standard InChI is InChI=1S/C11H25NOS/c1-3-4-5-8-14-9-6-7-11(2,13)10-12/h13H,3-10,12H2,1-2H3. The van der Waals surface area contributed by atoms with E-state index in [9.17, 15) is 5.11 Å². The van der Waals surface area contributed by atoms with Gasteiger partial charge in [-0.3, -0.25) is 0 Å². The quantitative estimate of drug-likeness (QED) is 0.585. The van der Waals surface area contributed by atoms with Crippen LogP contribution in [-0.4, -0.2) is 28.8 Å². The topological polar surface area (TPSA) is 46.2 Å². The maximum atomic E-state index is 9.63. The number of unbranched alkanes of at least 4 members (excludes halogenated alkanes) is 2. The maximum absolute atomic E-state index is 9.63. The Morgan fingerprint density at radius 3 is 2.43 bits per heavy atom. The summed E-state index contributed by atoms with van der Waals surface area (Å²) in [7, 11) is 0. The molecule has 0 saturated heterocycles. The molecule has 0 aliphatic heterocycles. The van der Waals surface area contributed by atoms with Gasteiger partial charge in [-0.2, -0.15) is 11.8 Å². The number of nitrogens with two attached hydrogens (primary N) is 1. The highest BCUT2D eigenvalue weighted by Gasteiger charge is 2.16. The third-order valence-electron chi connectivity index (χ3n) is 2.34. The molecule has 3 N–H and O–H groups in total. The van der Waals surface area contributed by atoms with Crippen LogP contribution in [0, 0.1) is 0 Å². The van der Waals surface area contributed by atoms with Crippen LogP contribution in [0.3, 0.4) is 0 Å². The molecule has 1 unspecified atom stereocenters. The summed E-state index contributed by atoms with van der Waals surface area (Å²) in [6, 6.07) is 0. The van der Waals surface area contributed by atoms with Crippen molar-refractivity contribution in [1.29, 1.82) is 0 Å². The van der Waals surface area contributed by atoms with Crippen LogP contribution in [0.4, 0.5) is 0 Å². The molecule has 0 radical (unpaired) electrons. The zero-order chi connectivity index (χ0) is 10.9. The van der Waals surface area contributed by atoms with E-state index in [1.807, 2.05) is 18.7 Å². The Labute approximate surface area is 92.6 Å². The number of rotatable bonds is 9. The first-order valence-corrected chi connectivity index (χ1v) is 6.78. The van der Waals surface area contributed by atoms with Crippen molar-refractivity contribution in [3.8, 4) is 0 Å². The molecule has 0 rings (SSSR count). The van der Waals surface area contributed by atoms with Crippen LogP contribution in [0.1, 0.15) is 46.0 Å². The van der Waals surface area contributed by atoms with Gasteiger partial charge in [0, 0.05) is 6.54 Å². The lowest BCUT2D eigenvalue weighted by molar-refractivity contribution is 0.0596. The molecule has 0 aromatic carbocycles. The predicted molar refractivity (Wildman–Crippen MR) is 65.8 cm³/mol. The average molecular weight is 219 g/mol. The number of hydrogen-bond donors (Lipinski definition) is 2. The summed E-state index contributed by atoms with van der Waals surface area (Å²) >= 11 is 1.99. The fraction of sp³-hybridized carbons (Fsp3) is 1.00. The van der Waals surface area contributed by atoms with Gasteiger partial charge < -0.3 is 10.8 Å². The van der Waals surface area contributed by atoms with Crippen molar-refractivity contribution in [2.24, 2.45) is 5.73 Å². The highest BCUT2D eigenvalue weighted by molar-refractivity contribution is 7.99. The molecule has 0 aliphatic rings. The average Bonchev–Trinajstić information content (AvgIpc) is 2.16. The van der Waals surface area contributed by atoms with Crippen LogP contribution in [0.5, 0.6) is 0 Å². The Kier molecular flexibility index (Phi) is 8.73. The van der Waals surface area contributed by atoms with Gasteiger partial charge in [0.2, 0.25) is 0 Å². The lowest BCUT2D eigenvalue weighted by Crippen LogP contribution is -2.34. The van der Waals surface area contributed by atoms with Crippen LogP contribution in [0.2, 0.25) is 0 Å². The van der Waals surface area contributed by atoms with E-state index in [2.05, 4.69) is 6.92 Å². The zero-order valence-corrected chi connectivity index (χ0v) is 10.4. The van der Waals surface area contributed by atoms with E-state index in [1.54, 1.807) is 0 Å². The first kappa shape index (κ1) is 14.3. The predicted octanol–water partition coefficient (Wildman–Crippen LogP) is 2.40. The maximum Gasteiger partial charge on any atom is 0.0741 e. The van der Waals surface area contributed by atoms with Crippen molar-refractivity contribution in [2.75, 3.05) is 18.1 Å². The van der Waals surface area contributed by atoms with Crippen LogP contribution in [-0.2, 0) is 0 Å². The lowest BCUT2D eigenvalue weighted by Gasteiger charge is -2.20. The van der Waals surface area contributed by atoms with E-state index in [1.165, 1.54) is 25.0 Å². The Bertz CT molecular complexity index is 128. The molecule has 0 fully saturated rings. The zero-order valence-electron chi connectivity index (χ0n) is 9.59. The fourth-order valence-electron chi connectivity index (χ4n) is 1.21. The van der Waals surface area contributed by atoms with Crippen LogP contribution in [0.15, 0.2) is 0 Å². The third-order valence-corrected chi connectivity index (χ3v) is 3.49. The summed E-state index contributed by atoms with van der Waals surface area (Å²) < 4.78 is 0. The van der Waals surface area contributed by atoms with E-state index in [-0.39, 0.29) is 0 Å². The smallest absolute Gasteiger partial charge is 0.0741 e. The third kappa shape index (κ3) is 8.85.